The topological polar surface area (TPSA) is 97.0 Å². The first-order chi connectivity index (χ1) is 10.6. The molecule has 1 fully saturated rings. The van der Waals surface area contributed by atoms with E-state index in [1.54, 1.807) is 7.05 Å². The Bertz CT molecular complexity index is 390. The summed E-state index contributed by atoms with van der Waals surface area (Å²) in [5.41, 5.74) is 5.52. The Balaban J connectivity index is 2.16. The Hall–Kier alpha value is -1.79. The van der Waals surface area contributed by atoms with Crippen molar-refractivity contribution in [2.24, 2.45) is 16.6 Å². The highest BCUT2D eigenvalue weighted by Crippen LogP contribution is 2.19. The number of nitrogens with zero attached hydrogens (tertiary/aromatic N) is 2. The highest BCUT2D eigenvalue weighted by atomic mass is 16.5. The number of amides is 1. The summed E-state index contributed by atoms with van der Waals surface area (Å²) in [6.45, 7) is 4.25. The molecule has 0 saturated carbocycles. The van der Waals surface area contributed by atoms with Crippen LogP contribution >= 0.6 is 0 Å². The molecule has 1 amide bonds. The van der Waals surface area contributed by atoms with Crippen LogP contribution in [-0.4, -0.2) is 56.0 Å². The van der Waals surface area contributed by atoms with Crippen molar-refractivity contribution in [3.8, 4) is 0 Å². The number of rotatable bonds is 7. The van der Waals surface area contributed by atoms with Crippen molar-refractivity contribution in [1.29, 1.82) is 0 Å². The number of ether oxygens (including phenoxy) is 1. The molecule has 0 radical (unpaired) electrons. The van der Waals surface area contributed by atoms with Crippen LogP contribution in [0.25, 0.3) is 0 Å². The highest BCUT2D eigenvalue weighted by Gasteiger charge is 2.27. The monoisotopic (exact) mass is 312 g/mol. The number of nitrogens with two attached hydrogens (primary N) is 1. The van der Waals surface area contributed by atoms with E-state index in [1.807, 2.05) is 11.8 Å². The van der Waals surface area contributed by atoms with Gasteiger partial charge in [0.2, 0.25) is 5.91 Å². The van der Waals surface area contributed by atoms with Crippen molar-refractivity contribution in [1.82, 2.24) is 10.2 Å². The van der Waals surface area contributed by atoms with Gasteiger partial charge in [-0.1, -0.05) is 0 Å². The Morgan fingerprint density at radius 1 is 1.32 bits per heavy atom. The van der Waals surface area contributed by atoms with Crippen molar-refractivity contribution >= 4 is 17.8 Å². The van der Waals surface area contributed by atoms with E-state index in [4.69, 9.17) is 10.5 Å². The number of hydrogen-bond donors (Lipinski definition) is 2. The molecule has 7 heteroatoms. The molecular weight excluding hydrogens is 284 g/mol. The number of likely N-dealkylation sites (tertiary alicyclic amines) is 1. The van der Waals surface area contributed by atoms with E-state index in [0.29, 0.717) is 44.9 Å². The largest absolute Gasteiger partial charge is 0.466 e. The fourth-order valence-electron chi connectivity index (χ4n) is 2.48. The van der Waals surface area contributed by atoms with Crippen LogP contribution in [0.3, 0.4) is 0 Å². The molecule has 1 saturated heterocycles. The summed E-state index contributed by atoms with van der Waals surface area (Å²) >= 11 is 0. The summed E-state index contributed by atoms with van der Waals surface area (Å²) < 4.78 is 5.03. The molecule has 0 unspecified atom stereocenters. The third-order valence-corrected chi connectivity index (χ3v) is 3.83. The summed E-state index contributed by atoms with van der Waals surface area (Å²) in [6.07, 6.45) is 3.64. The van der Waals surface area contributed by atoms with Crippen LogP contribution in [0, 0.1) is 5.92 Å². The van der Waals surface area contributed by atoms with Gasteiger partial charge in [0, 0.05) is 33.1 Å². The summed E-state index contributed by atoms with van der Waals surface area (Å²) in [7, 11) is 1.63. The fourth-order valence-corrected chi connectivity index (χ4v) is 2.48. The van der Waals surface area contributed by atoms with Crippen molar-refractivity contribution < 1.29 is 14.3 Å². The molecule has 0 aromatic carbocycles. The van der Waals surface area contributed by atoms with E-state index in [0.717, 1.165) is 19.4 Å². The summed E-state index contributed by atoms with van der Waals surface area (Å²) in [4.78, 5) is 29.4. The summed E-state index contributed by atoms with van der Waals surface area (Å²) in [5.74, 6) is 0.409. The molecule has 3 N–H and O–H groups in total. The number of esters is 1. The number of piperidine rings is 1. The molecule has 7 nitrogen and oxygen atoms in total. The lowest BCUT2D eigenvalue weighted by molar-refractivity contribution is -0.151. The second-order valence-corrected chi connectivity index (χ2v) is 5.40. The standard InChI is InChI=1S/C15H28N4O3/c1-3-22-14(21)12-7-10-19(11-8-12)13(20)6-4-5-9-18-15(16)17-2/h12H,3-11H2,1-2H3,(H3,16,17,18). The summed E-state index contributed by atoms with van der Waals surface area (Å²) in [5, 5.41) is 2.97. The van der Waals surface area contributed by atoms with Gasteiger partial charge in [-0.3, -0.25) is 14.6 Å². The number of carbonyl (C=O) groups excluding carboxylic acids is 2. The van der Waals surface area contributed by atoms with E-state index in [9.17, 15) is 9.59 Å². The summed E-state index contributed by atoms with van der Waals surface area (Å²) in [6, 6.07) is 0. The first-order valence-corrected chi connectivity index (χ1v) is 7.99. The maximum Gasteiger partial charge on any atom is 0.309 e. The lowest BCUT2D eigenvalue weighted by Gasteiger charge is -2.31. The maximum absolute atomic E-state index is 12.1. The number of guanidine groups is 1. The van der Waals surface area contributed by atoms with Crippen LogP contribution in [0.5, 0.6) is 0 Å². The molecule has 22 heavy (non-hydrogen) atoms. The molecule has 1 heterocycles. The van der Waals surface area contributed by atoms with Crippen molar-refractivity contribution in [3.63, 3.8) is 0 Å². The van der Waals surface area contributed by atoms with Gasteiger partial charge in [0.1, 0.15) is 0 Å². The van der Waals surface area contributed by atoms with Crippen LogP contribution < -0.4 is 11.1 Å². The number of unbranched alkanes of at least 4 members (excludes halogenated alkanes) is 1. The second-order valence-electron chi connectivity index (χ2n) is 5.40. The van der Waals surface area contributed by atoms with Gasteiger partial charge >= 0.3 is 5.97 Å². The highest BCUT2D eigenvalue weighted by molar-refractivity contribution is 5.78. The molecule has 1 rings (SSSR count). The van der Waals surface area contributed by atoms with Crippen LogP contribution in [0.1, 0.15) is 39.0 Å². The average Bonchev–Trinajstić information content (AvgIpc) is 2.54. The predicted octanol–water partition coefficient (Wildman–Crippen LogP) is 0.493. The Kier molecular flexibility index (Phi) is 8.32. The molecule has 1 aliphatic heterocycles. The van der Waals surface area contributed by atoms with Crippen LogP contribution in [0.2, 0.25) is 0 Å². The average molecular weight is 312 g/mol. The lowest BCUT2D eigenvalue weighted by atomic mass is 9.96. The smallest absolute Gasteiger partial charge is 0.309 e. The van der Waals surface area contributed by atoms with Gasteiger partial charge < -0.3 is 20.7 Å². The van der Waals surface area contributed by atoms with Crippen LogP contribution in [0.4, 0.5) is 0 Å². The minimum absolute atomic E-state index is 0.0514. The van der Waals surface area contributed by atoms with Crippen molar-refractivity contribution in [3.05, 3.63) is 0 Å². The number of carbonyl (C=O) groups is 2. The van der Waals surface area contributed by atoms with E-state index < -0.39 is 0 Å². The molecule has 1 aliphatic rings. The van der Waals surface area contributed by atoms with Gasteiger partial charge in [0.15, 0.2) is 5.96 Å². The van der Waals surface area contributed by atoms with Gasteiger partial charge in [0.25, 0.3) is 0 Å². The lowest BCUT2D eigenvalue weighted by Crippen LogP contribution is -2.40. The van der Waals surface area contributed by atoms with E-state index >= 15 is 0 Å². The number of nitrogens with one attached hydrogen (secondary N) is 1. The third kappa shape index (κ3) is 6.32. The van der Waals surface area contributed by atoms with Crippen molar-refractivity contribution in [2.75, 3.05) is 33.3 Å². The zero-order valence-corrected chi connectivity index (χ0v) is 13.6. The first-order valence-electron chi connectivity index (χ1n) is 7.99. The number of aliphatic imine (C=N–C) groups is 1. The predicted molar refractivity (Wildman–Crippen MR) is 85.3 cm³/mol. The fraction of sp³-hybridized carbons (Fsp3) is 0.800. The van der Waals surface area contributed by atoms with Gasteiger partial charge in [0.05, 0.1) is 12.5 Å². The van der Waals surface area contributed by atoms with E-state index in [-0.39, 0.29) is 17.8 Å². The molecule has 0 aromatic rings. The Labute approximate surface area is 132 Å². The quantitative estimate of drug-likeness (QED) is 0.309. The SMILES string of the molecule is CCOC(=O)C1CCN(C(=O)CCCCNC(N)=NC)CC1. The molecule has 0 bridgehead atoms. The minimum atomic E-state index is -0.129. The Morgan fingerprint density at radius 2 is 2.00 bits per heavy atom. The van der Waals surface area contributed by atoms with Crippen LogP contribution in [0.15, 0.2) is 4.99 Å². The molecule has 126 valence electrons. The molecule has 0 spiro atoms. The van der Waals surface area contributed by atoms with E-state index in [2.05, 4.69) is 10.3 Å². The van der Waals surface area contributed by atoms with E-state index in [1.165, 1.54) is 0 Å². The van der Waals surface area contributed by atoms with Crippen LogP contribution in [-0.2, 0) is 14.3 Å². The third-order valence-electron chi connectivity index (χ3n) is 3.83. The van der Waals surface area contributed by atoms with Gasteiger partial charge in [-0.05, 0) is 32.6 Å². The first kappa shape index (κ1) is 18.3. The maximum atomic E-state index is 12.1. The zero-order valence-electron chi connectivity index (χ0n) is 13.6. The van der Waals surface area contributed by atoms with Crippen molar-refractivity contribution in [2.45, 2.75) is 39.0 Å². The molecule has 0 aromatic heterocycles. The molecule has 0 atom stereocenters. The Morgan fingerprint density at radius 3 is 2.59 bits per heavy atom. The zero-order chi connectivity index (χ0) is 16.4. The van der Waals surface area contributed by atoms with Gasteiger partial charge in [-0.25, -0.2) is 0 Å². The van der Waals surface area contributed by atoms with Gasteiger partial charge in [-0.2, -0.15) is 0 Å². The normalized spacial score (nSPS) is 16.5. The second kappa shape index (κ2) is 10.0. The van der Waals surface area contributed by atoms with Gasteiger partial charge in [-0.15, -0.1) is 0 Å². The molecule has 0 aliphatic carbocycles. The molecular formula is C15H28N4O3. The number of hydrogen-bond acceptors (Lipinski definition) is 4. The minimum Gasteiger partial charge on any atom is -0.466 e.